The van der Waals surface area contributed by atoms with Crippen LogP contribution in [0.15, 0.2) is 16.5 Å². The van der Waals surface area contributed by atoms with Crippen LogP contribution in [-0.4, -0.2) is 56.2 Å². The van der Waals surface area contributed by atoms with Gasteiger partial charge >= 0.3 is 11.9 Å². The quantitative estimate of drug-likeness (QED) is 0.178. The van der Waals surface area contributed by atoms with E-state index in [4.69, 9.17) is 18.6 Å². The van der Waals surface area contributed by atoms with Gasteiger partial charge in [0.15, 0.2) is 6.61 Å². The second-order valence-electron chi connectivity index (χ2n) is 8.49. The highest BCUT2D eigenvalue weighted by Crippen LogP contribution is 2.18. The van der Waals surface area contributed by atoms with Gasteiger partial charge in [-0.25, -0.2) is 4.79 Å². The monoisotopic (exact) mass is 481 g/mol. The molecule has 0 aliphatic carbocycles. The number of furan rings is 1. The maximum Gasteiger partial charge on any atom is 0.374 e. The SMILES string of the molecule is CCCCCCCCCCCCCCOc1ccc(C(=O)OCC(=O)N(C)CC(=O)OCC)o1. The van der Waals surface area contributed by atoms with Crippen molar-refractivity contribution < 1.29 is 33.0 Å². The lowest BCUT2D eigenvalue weighted by Gasteiger charge is -2.15. The van der Waals surface area contributed by atoms with Crippen molar-refractivity contribution in [2.45, 2.75) is 90.9 Å². The zero-order valence-electron chi connectivity index (χ0n) is 21.3. The molecule has 0 saturated carbocycles. The van der Waals surface area contributed by atoms with Crippen LogP contribution in [0.25, 0.3) is 0 Å². The highest BCUT2D eigenvalue weighted by Gasteiger charge is 2.18. The maximum absolute atomic E-state index is 12.1. The largest absolute Gasteiger partial charge is 0.465 e. The van der Waals surface area contributed by atoms with Gasteiger partial charge in [0, 0.05) is 13.1 Å². The minimum absolute atomic E-state index is 0.0365. The fourth-order valence-corrected chi connectivity index (χ4v) is 3.42. The van der Waals surface area contributed by atoms with Crippen LogP contribution < -0.4 is 4.74 Å². The third-order valence-electron chi connectivity index (χ3n) is 5.45. The Morgan fingerprint density at radius 2 is 1.41 bits per heavy atom. The molecule has 34 heavy (non-hydrogen) atoms. The number of hydrogen-bond acceptors (Lipinski definition) is 7. The first-order chi connectivity index (χ1) is 16.5. The van der Waals surface area contributed by atoms with Crippen molar-refractivity contribution in [2.24, 2.45) is 0 Å². The van der Waals surface area contributed by atoms with Gasteiger partial charge in [0.2, 0.25) is 5.76 Å². The summed E-state index contributed by atoms with van der Waals surface area (Å²) < 4.78 is 20.6. The van der Waals surface area contributed by atoms with E-state index in [0.29, 0.717) is 6.61 Å². The molecule has 0 atom stereocenters. The Labute approximate surface area is 204 Å². The molecule has 1 aromatic rings. The van der Waals surface area contributed by atoms with Crippen LogP contribution in [0, 0.1) is 0 Å². The Kier molecular flexibility index (Phi) is 16.4. The van der Waals surface area contributed by atoms with E-state index in [0.717, 1.165) is 17.7 Å². The molecule has 1 aromatic heterocycles. The van der Waals surface area contributed by atoms with Crippen molar-refractivity contribution in [1.29, 1.82) is 0 Å². The minimum Gasteiger partial charge on any atom is -0.465 e. The number of likely N-dealkylation sites (N-methyl/N-ethyl adjacent to an activating group) is 1. The fourth-order valence-electron chi connectivity index (χ4n) is 3.42. The first kappa shape index (κ1) is 29.5. The first-order valence-corrected chi connectivity index (χ1v) is 12.8. The molecule has 194 valence electrons. The summed E-state index contributed by atoms with van der Waals surface area (Å²) in [6.07, 6.45) is 15.3. The average Bonchev–Trinajstić information content (AvgIpc) is 3.29. The van der Waals surface area contributed by atoms with Crippen LogP contribution in [-0.2, 0) is 19.1 Å². The zero-order valence-corrected chi connectivity index (χ0v) is 21.3. The smallest absolute Gasteiger partial charge is 0.374 e. The summed E-state index contributed by atoms with van der Waals surface area (Å²) in [5.41, 5.74) is 0. The van der Waals surface area contributed by atoms with Gasteiger partial charge in [0.05, 0.1) is 13.2 Å². The Morgan fingerprint density at radius 1 is 0.824 bits per heavy atom. The predicted octanol–water partition coefficient (Wildman–Crippen LogP) is 5.54. The van der Waals surface area contributed by atoms with Crippen molar-refractivity contribution >= 4 is 17.8 Å². The molecule has 0 unspecified atom stereocenters. The van der Waals surface area contributed by atoms with E-state index in [-0.39, 0.29) is 24.9 Å². The van der Waals surface area contributed by atoms with E-state index in [1.54, 1.807) is 13.0 Å². The second-order valence-corrected chi connectivity index (χ2v) is 8.49. The molecule has 0 aromatic carbocycles. The molecule has 0 fully saturated rings. The molecular formula is C26H43NO7. The van der Waals surface area contributed by atoms with Gasteiger partial charge in [0.25, 0.3) is 11.9 Å². The van der Waals surface area contributed by atoms with Crippen LogP contribution in [0.3, 0.4) is 0 Å². The Balaban J connectivity index is 2.09. The fraction of sp³-hybridized carbons (Fsp3) is 0.731. The number of unbranched alkanes of at least 4 members (excludes halogenated alkanes) is 11. The molecule has 0 aliphatic heterocycles. The van der Waals surface area contributed by atoms with Crippen LogP contribution in [0.5, 0.6) is 5.95 Å². The normalized spacial score (nSPS) is 10.7. The lowest BCUT2D eigenvalue weighted by Crippen LogP contribution is -2.36. The molecule has 0 saturated heterocycles. The molecule has 0 bridgehead atoms. The summed E-state index contributed by atoms with van der Waals surface area (Å²) in [7, 11) is 1.43. The number of carbonyl (C=O) groups excluding carboxylic acids is 3. The van der Waals surface area contributed by atoms with Gasteiger partial charge in [0.1, 0.15) is 6.54 Å². The number of nitrogens with zero attached hydrogens (tertiary/aromatic N) is 1. The van der Waals surface area contributed by atoms with Gasteiger partial charge in [-0.05, 0) is 19.4 Å². The number of hydrogen-bond donors (Lipinski definition) is 0. The molecule has 0 radical (unpaired) electrons. The summed E-state index contributed by atoms with van der Waals surface area (Å²) >= 11 is 0. The van der Waals surface area contributed by atoms with Gasteiger partial charge in [-0.15, -0.1) is 0 Å². The molecule has 1 amide bonds. The molecule has 8 heteroatoms. The van der Waals surface area contributed by atoms with Crippen LogP contribution in [0.4, 0.5) is 0 Å². The highest BCUT2D eigenvalue weighted by atomic mass is 16.6. The lowest BCUT2D eigenvalue weighted by molar-refractivity contribution is -0.148. The van der Waals surface area contributed by atoms with E-state index >= 15 is 0 Å². The molecule has 0 N–H and O–H groups in total. The summed E-state index contributed by atoms with van der Waals surface area (Å²) in [5.74, 6) is -1.59. The van der Waals surface area contributed by atoms with E-state index in [9.17, 15) is 14.4 Å². The van der Waals surface area contributed by atoms with Crippen molar-refractivity contribution in [1.82, 2.24) is 4.90 Å². The van der Waals surface area contributed by atoms with E-state index < -0.39 is 24.5 Å². The van der Waals surface area contributed by atoms with Crippen LogP contribution >= 0.6 is 0 Å². The molecule has 1 heterocycles. The number of amides is 1. The molecule has 0 aliphatic rings. The predicted molar refractivity (Wildman–Crippen MR) is 130 cm³/mol. The Morgan fingerprint density at radius 3 is 2.00 bits per heavy atom. The van der Waals surface area contributed by atoms with E-state index in [2.05, 4.69) is 6.92 Å². The highest BCUT2D eigenvalue weighted by molar-refractivity contribution is 5.89. The van der Waals surface area contributed by atoms with Gasteiger partial charge in [-0.2, -0.15) is 0 Å². The molecular weight excluding hydrogens is 438 g/mol. The standard InChI is InChI=1S/C26H43NO7/c1-4-6-7-8-9-10-11-12-13-14-15-16-19-32-25-18-17-22(34-25)26(30)33-21-23(28)27(3)20-24(29)31-5-2/h17-18H,4-16,19-21H2,1-3H3. The Bertz CT molecular complexity index is 701. The average molecular weight is 482 g/mol. The number of rotatable bonds is 20. The summed E-state index contributed by atoms with van der Waals surface area (Å²) in [4.78, 5) is 36.6. The minimum atomic E-state index is -0.766. The van der Waals surface area contributed by atoms with Crippen molar-refractivity contribution in [3.05, 3.63) is 17.9 Å². The summed E-state index contributed by atoms with van der Waals surface area (Å²) in [5, 5.41) is 0. The lowest BCUT2D eigenvalue weighted by atomic mass is 10.1. The summed E-state index contributed by atoms with van der Waals surface area (Å²) in [6, 6.07) is 3.01. The zero-order chi connectivity index (χ0) is 25.0. The first-order valence-electron chi connectivity index (χ1n) is 12.8. The topological polar surface area (TPSA) is 95.3 Å². The number of esters is 2. The maximum atomic E-state index is 12.1. The number of ether oxygens (including phenoxy) is 3. The van der Waals surface area contributed by atoms with Crippen molar-refractivity contribution in [3.63, 3.8) is 0 Å². The van der Waals surface area contributed by atoms with Crippen molar-refractivity contribution in [2.75, 3.05) is 33.4 Å². The second kappa shape index (κ2) is 18.9. The van der Waals surface area contributed by atoms with Crippen molar-refractivity contribution in [3.8, 4) is 5.95 Å². The van der Waals surface area contributed by atoms with E-state index in [1.165, 1.54) is 77.3 Å². The third kappa shape index (κ3) is 13.9. The molecule has 8 nitrogen and oxygen atoms in total. The van der Waals surface area contributed by atoms with Gasteiger partial charge < -0.3 is 23.5 Å². The Hall–Kier alpha value is -2.51. The van der Waals surface area contributed by atoms with Gasteiger partial charge in [-0.1, -0.05) is 77.6 Å². The van der Waals surface area contributed by atoms with E-state index in [1.807, 2.05) is 0 Å². The van der Waals surface area contributed by atoms with Crippen LogP contribution in [0.2, 0.25) is 0 Å². The number of carbonyl (C=O) groups is 3. The van der Waals surface area contributed by atoms with Crippen LogP contribution in [0.1, 0.15) is 101 Å². The molecule has 0 spiro atoms. The molecule has 1 rings (SSSR count). The third-order valence-corrected chi connectivity index (χ3v) is 5.45. The summed E-state index contributed by atoms with van der Waals surface area (Å²) in [6.45, 7) is 3.99. The van der Waals surface area contributed by atoms with Gasteiger partial charge in [-0.3, -0.25) is 9.59 Å².